The molecule has 20 heavy (non-hydrogen) atoms. The smallest absolute Gasteiger partial charge is 0.472 e. The van der Waals surface area contributed by atoms with E-state index in [4.69, 9.17) is 13.7 Å². The highest BCUT2D eigenvalue weighted by atomic mass is 16.7. The molecule has 1 aliphatic rings. The van der Waals surface area contributed by atoms with E-state index in [1.165, 1.54) is 0 Å². The van der Waals surface area contributed by atoms with Crippen molar-refractivity contribution in [2.24, 2.45) is 0 Å². The quantitative estimate of drug-likeness (QED) is 0.787. The van der Waals surface area contributed by atoms with Crippen molar-refractivity contribution in [1.82, 2.24) is 4.98 Å². The van der Waals surface area contributed by atoms with Crippen molar-refractivity contribution in [2.75, 3.05) is 0 Å². The Morgan fingerprint density at radius 3 is 2.20 bits per heavy atom. The average Bonchev–Trinajstić information content (AvgIpc) is 2.97. The van der Waals surface area contributed by atoms with Gasteiger partial charge in [-0.15, -0.1) is 0 Å². The van der Waals surface area contributed by atoms with Crippen molar-refractivity contribution in [2.45, 2.75) is 38.9 Å². The van der Waals surface area contributed by atoms with Gasteiger partial charge in [-0.3, -0.25) is 4.98 Å². The van der Waals surface area contributed by atoms with Crippen molar-refractivity contribution in [3.63, 3.8) is 0 Å². The molecule has 0 bridgehead atoms. The second-order valence-electron chi connectivity index (χ2n) is 6.08. The van der Waals surface area contributed by atoms with Crippen LogP contribution in [0.1, 0.15) is 27.7 Å². The SMILES string of the molecule is CC1(C)OB(c2ccc(-c3ccoc3)nc2)OC1(C)C. The summed E-state index contributed by atoms with van der Waals surface area (Å²) in [5.41, 5.74) is 2.10. The maximum absolute atomic E-state index is 6.00. The third-order valence-electron chi connectivity index (χ3n) is 4.13. The fourth-order valence-electron chi connectivity index (χ4n) is 2.10. The first-order valence-corrected chi connectivity index (χ1v) is 6.73. The predicted molar refractivity (Wildman–Crippen MR) is 77.7 cm³/mol. The van der Waals surface area contributed by atoms with Gasteiger partial charge < -0.3 is 13.7 Å². The molecule has 4 nitrogen and oxygen atoms in total. The molecule has 0 aromatic carbocycles. The second-order valence-corrected chi connectivity index (χ2v) is 6.08. The van der Waals surface area contributed by atoms with E-state index in [0.29, 0.717) is 0 Å². The van der Waals surface area contributed by atoms with Crippen LogP contribution in [0.3, 0.4) is 0 Å². The summed E-state index contributed by atoms with van der Waals surface area (Å²) in [5.74, 6) is 0. The standard InChI is InChI=1S/C15H18BNO3/c1-14(2)15(3,4)20-16(19-14)12-5-6-13(17-9-12)11-7-8-18-10-11/h5-10H,1-4H3. The molecule has 0 aliphatic carbocycles. The molecular weight excluding hydrogens is 253 g/mol. The lowest BCUT2D eigenvalue weighted by Crippen LogP contribution is -2.41. The van der Waals surface area contributed by atoms with Crippen LogP contribution in [-0.4, -0.2) is 23.3 Å². The summed E-state index contributed by atoms with van der Waals surface area (Å²) >= 11 is 0. The summed E-state index contributed by atoms with van der Waals surface area (Å²) in [6.45, 7) is 8.17. The number of hydrogen-bond donors (Lipinski definition) is 0. The van der Waals surface area contributed by atoms with Gasteiger partial charge in [-0.2, -0.15) is 0 Å². The van der Waals surface area contributed by atoms with Crippen molar-refractivity contribution >= 4 is 12.6 Å². The highest BCUT2D eigenvalue weighted by Crippen LogP contribution is 2.36. The molecule has 2 aromatic heterocycles. The van der Waals surface area contributed by atoms with Crippen LogP contribution in [0.5, 0.6) is 0 Å². The molecule has 0 atom stereocenters. The van der Waals surface area contributed by atoms with E-state index >= 15 is 0 Å². The van der Waals surface area contributed by atoms with Crippen LogP contribution in [0.2, 0.25) is 0 Å². The third kappa shape index (κ3) is 2.17. The van der Waals surface area contributed by atoms with E-state index in [9.17, 15) is 0 Å². The minimum Gasteiger partial charge on any atom is -0.472 e. The van der Waals surface area contributed by atoms with Crippen LogP contribution in [0.15, 0.2) is 41.3 Å². The normalized spacial score (nSPS) is 20.3. The van der Waals surface area contributed by atoms with E-state index in [1.54, 1.807) is 18.7 Å². The number of furan rings is 1. The fourth-order valence-corrected chi connectivity index (χ4v) is 2.10. The highest BCUT2D eigenvalue weighted by molar-refractivity contribution is 6.62. The van der Waals surface area contributed by atoms with Gasteiger partial charge in [-0.25, -0.2) is 0 Å². The molecule has 3 rings (SSSR count). The first kappa shape index (κ1) is 13.4. The molecule has 0 radical (unpaired) electrons. The van der Waals surface area contributed by atoms with Crippen LogP contribution < -0.4 is 5.46 Å². The summed E-state index contributed by atoms with van der Waals surface area (Å²) < 4.78 is 17.1. The van der Waals surface area contributed by atoms with Crippen molar-refractivity contribution < 1.29 is 13.7 Å². The molecule has 3 heterocycles. The largest absolute Gasteiger partial charge is 0.496 e. The molecule has 2 aromatic rings. The molecule has 1 saturated heterocycles. The third-order valence-corrected chi connectivity index (χ3v) is 4.13. The summed E-state index contributed by atoms with van der Waals surface area (Å²) in [6, 6.07) is 5.82. The molecule has 0 saturated carbocycles. The number of aromatic nitrogens is 1. The van der Waals surface area contributed by atoms with Crippen LogP contribution >= 0.6 is 0 Å². The Balaban J connectivity index is 1.83. The Labute approximate surface area is 119 Å². The summed E-state index contributed by atoms with van der Waals surface area (Å²) in [6.07, 6.45) is 5.11. The Morgan fingerprint density at radius 2 is 1.70 bits per heavy atom. The van der Waals surface area contributed by atoms with Gasteiger partial charge in [0.2, 0.25) is 0 Å². The zero-order chi connectivity index (χ0) is 14.4. The summed E-state index contributed by atoms with van der Waals surface area (Å²) in [4.78, 5) is 4.44. The monoisotopic (exact) mass is 271 g/mol. The zero-order valence-corrected chi connectivity index (χ0v) is 12.2. The van der Waals surface area contributed by atoms with Crippen LogP contribution in [0, 0.1) is 0 Å². The maximum Gasteiger partial charge on any atom is 0.496 e. The predicted octanol–water partition coefficient (Wildman–Crippen LogP) is 2.64. The zero-order valence-electron chi connectivity index (χ0n) is 12.2. The van der Waals surface area contributed by atoms with Gasteiger partial charge in [0.1, 0.15) is 0 Å². The molecule has 1 aliphatic heterocycles. The number of rotatable bonds is 2. The topological polar surface area (TPSA) is 44.5 Å². The van der Waals surface area contributed by atoms with Gasteiger partial charge in [0.05, 0.1) is 29.4 Å². The molecule has 104 valence electrons. The van der Waals surface area contributed by atoms with Crippen molar-refractivity contribution in [3.05, 3.63) is 36.9 Å². The lowest BCUT2D eigenvalue weighted by Gasteiger charge is -2.32. The van der Waals surface area contributed by atoms with Crippen LogP contribution in [0.4, 0.5) is 0 Å². The maximum atomic E-state index is 6.00. The van der Waals surface area contributed by atoms with E-state index in [2.05, 4.69) is 4.98 Å². The van der Waals surface area contributed by atoms with E-state index in [1.807, 2.05) is 45.9 Å². The second kappa shape index (κ2) is 4.47. The van der Waals surface area contributed by atoms with Gasteiger partial charge in [-0.1, -0.05) is 6.07 Å². The molecule has 0 unspecified atom stereocenters. The van der Waals surface area contributed by atoms with E-state index in [0.717, 1.165) is 16.7 Å². The summed E-state index contributed by atoms with van der Waals surface area (Å²) in [5, 5.41) is 0. The first-order valence-electron chi connectivity index (χ1n) is 6.73. The van der Waals surface area contributed by atoms with Crippen LogP contribution in [0.25, 0.3) is 11.3 Å². The Bertz CT molecular complexity index is 574. The number of pyridine rings is 1. The van der Waals surface area contributed by atoms with Crippen LogP contribution in [-0.2, 0) is 9.31 Å². The van der Waals surface area contributed by atoms with Gasteiger partial charge in [-0.05, 0) is 39.8 Å². The summed E-state index contributed by atoms with van der Waals surface area (Å²) in [7, 11) is -0.370. The molecular formula is C15H18BNO3. The number of hydrogen-bond acceptors (Lipinski definition) is 4. The Kier molecular flexibility index (Phi) is 2.99. The lowest BCUT2D eigenvalue weighted by molar-refractivity contribution is 0.00578. The highest BCUT2D eigenvalue weighted by Gasteiger charge is 2.51. The van der Waals surface area contributed by atoms with Gasteiger partial charge >= 0.3 is 7.12 Å². The Hall–Kier alpha value is -1.59. The van der Waals surface area contributed by atoms with E-state index < -0.39 is 0 Å². The molecule has 0 N–H and O–H groups in total. The minimum atomic E-state index is -0.370. The van der Waals surface area contributed by atoms with Gasteiger partial charge in [0, 0.05) is 17.2 Å². The molecule has 5 heteroatoms. The molecule has 0 spiro atoms. The number of nitrogens with zero attached hydrogens (tertiary/aromatic N) is 1. The Morgan fingerprint density at radius 1 is 1.00 bits per heavy atom. The fraction of sp³-hybridized carbons (Fsp3) is 0.400. The molecule has 1 fully saturated rings. The first-order chi connectivity index (χ1) is 9.39. The average molecular weight is 271 g/mol. The van der Waals surface area contributed by atoms with Crippen molar-refractivity contribution in [1.29, 1.82) is 0 Å². The minimum absolute atomic E-state index is 0.332. The van der Waals surface area contributed by atoms with Gasteiger partial charge in [0.25, 0.3) is 0 Å². The van der Waals surface area contributed by atoms with Gasteiger partial charge in [0.15, 0.2) is 0 Å². The molecule has 0 amide bonds. The van der Waals surface area contributed by atoms with E-state index in [-0.39, 0.29) is 18.3 Å². The van der Waals surface area contributed by atoms with Crippen molar-refractivity contribution in [3.8, 4) is 11.3 Å². The lowest BCUT2D eigenvalue weighted by atomic mass is 9.80.